The molecule has 0 fully saturated rings. The highest BCUT2D eigenvalue weighted by Crippen LogP contribution is 2.28. The molecule has 0 saturated heterocycles. The number of nitrogens with zero attached hydrogens (tertiary/aromatic N) is 2. The Bertz CT molecular complexity index is 676. The lowest BCUT2D eigenvalue weighted by Gasteiger charge is -2.32. The van der Waals surface area contributed by atoms with Crippen molar-refractivity contribution in [3.05, 3.63) is 53.1 Å². The number of carbonyl (C=O) groups excluding carboxylic acids is 1. The second-order valence-corrected chi connectivity index (χ2v) is 6.05. The predicted octanol–water partition coefficient (Wildman–Crippen LogP) is 2.10. The number of amides is 1. The number of aryl methyl sites for hydroxylation is 1. The van der Waals surface area contributed by atoms with Crippen molar-refractivity contribution in [2.45, 2.75) is 32.2 Å². The zero-order valence-corrected chi connectivity index (χ0v) is 12.0. The second-order valence-electron chi connectivity index (χ2n) is 6.05. The van der Waals surface area contributed by atoms with Crippen molar-refractivity contribution in [1.29, 1.82) is 0 Å². The first-order chi connectivity index (χ1) is 10.3. The molecule has 2 aromatic rings. The van der Waals surface area contributed by atoms with E-state index in [9.17, 15) is 4.79 Å². The van der Waals surface area contributed by atoms with Crippen LogP contribution in [0.25, 0.3) is 0 Å². The van der Waals surface area contributed by atoms with Crippen molar-refractivity contribution in [3.8, 4) is 0 Å². The maximum Gasteiger partial charge on any atom is 0.226 e. The molecule has 0 radical (unpaired) electrons. The van der Waals surface area contributed by atoms with Gasteiger partial charge in [0.25, 0.3) is 0 Å². The van der Waals surface area contributed by atoms with Crippen molar-refractivity contribution in [3.63, 3.8) is 0 Å². The van der Waals surface area contributed by atoms with Crippen LogP contribution >= 0.6 is 0 Å². The minimum atomic E-state index is 0.143. The molecule has 4 heteroatoms. The fourth-order valence-corrected chi connectivity index (χ4v) is 3.57. The molecule has 1 aromatic carbocycles. The van der Waals surface area contributed by atoms with Crippen LogP contribution in [0.5, 0.6) is 0 Å². The molecule has 1 aromatic heterocycles. The third-order valence-corrected chi connectivity index (χ3v) is 4.78. The third-order valence-electron chi connectivity index (χ3n) is 4.78. The minimum absolute atomic E-state index is 0.143. The summed E-state index contributed by atoms with van der Waals surface area (Å²) in [6.45, 7) is 1.49. The zero-order valence-electron chi connectivity index (χ0n) is 12.0. The van der Waals surface area contributed by atoms with Gasteiger partial charge < -0.3 is 9.88 Å². The van der Waals surface area contributed by atoms with Crippen molar-refractivity contribution >= 4 is 5.91 Å². The van der Waals surface area contributed by atoms with Gasteiger partial charge in [0.05, 0.1) is 24.3 Å². The van der Waals surface area contributed by atoms with Crippen LogP contribution in [0.15, 0.2) is 30.6 Å². The molecule has 21 heavy (non-hydrogen) atoms. The van der Waals surface area contributed by atoms with Crippen LogP contribution in [0.1, 0.15) is 28.9 Å². The molecule has 0 saturated carbocycles. The Labute approximate surface area is 124 Å². The van der Waals surface area contributed by atoms with E-state index in [1.807, 2.05) is 4.90 Å². The molecule has 1 amide bonds. The fraction of sp³-hybridized carbons (Fsp3) is 0.412. The summed E-state index contributed by atoms with van der Waals surface area (Å²) in [6.07, 6.45) is 5.49. The Morgan fingerprint density at radius 2 is 2.10 bits per heavy atom. The predicted molar refractivity (Wildman–Crippen MR) is 79.7 cm³/mol. The van der Waals surface area contributed by atoms with Crippen molar-refractivity contribution in [2.75, 3.05) is 6.54 Å². The van der Waals surface area contributed by atoms with Gasteiger partial charge in [-0.25, -0.2) is 4.98 Å². The van der Waals surface area contributed by atoms with Crippen LogP contribution in [0, 0.1) is 5.92 Å². The SMILES string of the molecule is O=C([C@H]1CCc2ccccc2C1)N1CCc2nc[nH]c2C1. The van der Waals surface area contributed by atoms with E-state index in [4.69, 9.17) is 0 Å². The van der Waals surface area contributed by atoms with Gasteiger partial charge in [-0.05, 0) is 30.4 Å². The average molecular weight is 281 g/mol. The summed E-state index contributed by atoms with van der Waals surface area (Å²) in [5.41, 5.74) is 4.98. The average Bonchev–Trinajstić information content (AvgIpc) is 3.01. The Morgan fingerprint density at radius 1 is 1.24 bits per heavy atom. The number of fused-ring (bicyclic) bond motifs is 2. The first kappa shape index (κ1) is 12.6. The largest absolute Gasteiger partial charge is 0.347 e. The molecule has 4 rings (SSSR count). The summed E-state index contributed by atoms with van der Waals surface area (Å²) in [5, 5.41) is 0. The smallest absolute Gasteiger partial charge is 0.226 e. The van der Waals surface area contributed by atoms with Crippen molar-refractivity contribution in [1.82, 2.24) is 14.9 Å². The number of H-pyrrole nitrogens is 1. The normalized spacial score (nSPS) is 20.8. The number of aromatic amines is 1. The Hall–Kier alpha value is -2.10. The van der Waals surface area contributed by atoms with E-state index >= 15 is 0 Å². The first-order valence-corrected chi connectivity index (χ1v) is 7.68. The van der Waals surface area contributed by atoms with Crippen LogP contribution in [0.4, 0.5) is 0 Å². The van der Waals surface area contributed by atoms with Gasteiger partial charge >= 0.3 is 0 Å². The van der Waals surface area contributed by atoms with E-state index in [0.29, 0.717) is 12.5 Å². The van der Waals surface area contributed by atoms with Crippen LogP contribution < -0.4 is 0 Å². The molecule has 4 nitrogen and oxygen atoms in total. The third kappa shape index (κ3) is 2.24. The van der Waals surface area contributed by atoms with Crippen LogP contribution in [0.3, 0.4) is 0 Å². The molecule has 2 heterocycles. The Morgan fingerprint density at radius 3 is 3.00 bits per heavy atom. The molecule has 1 aliphatic carbocycles. The Kier molecular flexibility index (Phi) is 3.02. The number of benzene rings is 1. The van der Waals surface area contributed by atoms with E-state index in [0.717, 1.165) is 43.6 Å². The summed E-state index contributed by atoms with van der Waals surface area (Å²) in [6, 6.07) is 8.51. The highest BCUT2D eigenvalue weighted by Gasteiger charge is 2.30. The first-order valence-electron chi connectivity index (χ1n) is 7.68. The van der Waals surface area contributed by atoms with Crippen LogP contribution in [0.2, 0.25) is 0 Å². The number of carbonyl (C=O) groups is 1. The highest BCUT2D eigenvalue weighted by atomic mass is 16.2. The molecule has 0 unspecified atom stereocenters. The molecule has 0 bridgehead atoms. The minimum Gasteiger partial charge on any atom is -0.347 e. The molecule has 2 aliphatic rings. The Balaban J connectivity index is 1.49. The molecule has 108 valence electrons. The lowest BCUT2D eigenvalue weighted by molar-refractivity contribution is -0.136. The molecule has 1 aliphatic heterocycles. The van der Waals surface area contributed by atoms with E-state index in [-0.39, 0.29) is 5.92 Å². The fourth-order valence-electron chi connectivity index (χ4n) is 3.57. The number of hydrogen-bond acceptors (Lipinski definition) is 2. The van der Waals surface area contributed by atoms with Gasteiger partial charge in [0.2, 0.25) is 5.91 Å². The summed E-state index contributed by atoms with van der Waals surface area (Å²) in [7, 11) is 0. The maximum atomic E-state index is 12.8. The van der Waals surface area contributed by atoms with Gasteiger partial charge in [0.15, 0.2) is 0 Å². The number of hydrogen-bond donors (Lipinski definition) is 1. The van der Waals surface area contributed by atoms with Crippen LogP contribution in [-0.2, 0) is 30.6 Å². The van der Waals surface area contributed by atoms with Crippen LogP contribution in [-0.4, -0.2) is 27.3 Å². The summed E-state index contributed by atoms with van der Waals surface area (Å²) in [5.74, 6) is 0.453. The molecule has 1 atom stereocenters. The van der Waals surface area contributed by atoms with Gasteiger partial charge in [-0.3, -0.25) is 4.79 Å². The van der Waals surface area contributed by atoms with Crippen molar-refractivity contribution in [2.24, 2.45) is 5.92 Å². The molecule has 0 spiro atoms. The zero-order chi connectivity index (χ0) is 14.2. The highest BCUT2D eigenvalue weighted by molar-refractivity contribution is 5.79. The summed E-state index contributed by atoms with van der Waals surface area (Å²) in [4.78, 5) is 22.2. The van der Waals surface area contributed by atoms with Crippen molar-refractivity contribution < 1.29 is 4.79 Å². The van der Waals surface area contributed by atoms with E-state index in [1.54, 1.807) is 6.33 Å². The topological polar surface area (TPSA) is 49.0 Å². The maximum absolute atomic E-state index is 12.8. The number of rotatable bonds is 1. The van der Waals surface area contributed by atoms with Gasteiger partial charge in [0, 0.05) is 18.9 Å². The summed E-state index contributed by atoms with van der Waals surface area (Å²) >= 11 is 0. The number of nitrogens with one attached hydrogen (secondary N) is 1. The lowest BCUT2D eigenvalue weighted by Crippen LogP contribution is -2.41. The van der Waals surface area contributed by atoms with E-state index in [2.05, 4.69) is 34.2 Å². The molecule has 1 N–H and O–H groups in total. The van der Waals surface area contributed by atoms with E-state index in [1.165, 1.54) is 11.1 Å². The van der Waals surface area contributed by atoms with Gasteiger partial charge in [-0.2, -0.15) is 0 Å². The lowest BCUT2D eigenvalue weighted by atomic mass is 9.83. The summed E-state index contributed by atoms with van der Waals surface area (Å²) < 4.78 is 0. The molecular weight excluding hydrogens is 262 g/mol. The quantitative estimate of drug-likeness (QED) is 0.870. The van der Waals surface area contributed by atoms with Gasteiger partial charge in [0.1, 0.15) is 0 Å². The molecular formula is C17H19N3O. The number of aromatic nitrogens is 2. The monoisotopic (exact) mass is 281 g/mol. The van der Waals surface area contributed by atoms with Gasteiger partial charge in [-0.15, -0.1) is 0 Å². The number of imidazole rings is 1. The standard InChI is InChI=1S/C17H19N3O/c21-17(20-8-7-15-16(10-20)19-11-18-15)14-6-5-12-3-1-2-4-13(12)9-14/h1-4,11,14H,5-10H2,(H,18,19)/t14-/m0/s1. The van der Waals surface area contributed by atoms with Gasteiger partial charge in [-0.1, -0.05) is 24.3 Å². The second kappa shape index (κ2) is 5.02. The van der Waals surface area contributed by atoms with E-state index < -0.39 is 0 Å².